The van der Waals surface area contributed by atoms with Crippen molar-refractivity contribution in [2.75, 3.05) is 31.1 Å². The fourth-order valence-electron chi connectivity index (χ4n) is 2.86. The number of aromatic amines is 1. The van der Waals surface area contributed by atoms with Crippen molar-refractivity contribution < 1.29 is 0 Å². The Morgan fingerprint density at radius 2 is 1.76 bits per heavy atom. The molecule has 1 saturated heterocycles. The first-order valence-corrected chi connectivity index (χ1v) is 7.36. The summed E-state index contributed by atoms with van der Waals surface area (Å²) >= 11 is 0. The molecule has 3 heterocycles. The fraction of sp³-hybridized carbons (Fsp3) is 0.615. The maximum absolute atomic E-state index is 12.2. The minimum Gasteiger partial charge on any atom is -0.340 e. The second-order valence-electron chi connectivity index (χ2n) is 5.07. The molecular weight excluding hydrogens is 272 g/mol. The zero-order chi connectivity index (χ0) is 15.0. The molecule has 0 atom stereocenters. The van der Waals surface area contributed by atoms with Crippen molar-refractivity contribution >= 4 is 17.1 Å². The summed E-state index contributed by atoms with van der Waals surface area (Å²) in [6.07, 6.45) is 0. The van der Waals surface area contributed by atoms with E-state index < -0.39 is 5.69 Å². The van der Waals surface area contributed by atoms with Gasteiger partial charge < -0.3 is 14.8 Å². The molecule has 0 aliphatic carbocycles. The Labute approximate surface area is 121 Å². The number of aromatic nitrogens is 4. The zero-order valence-electron chi connectivity index (χ0n) is 12.3. The molecule has 0 spiro atoms. The Hall–Kier alpha value is -2.09. The number of hydrogen-bond donors (Lipinski definition) is 2. The second-order valence-corrected chi connectivity index (χ2v) is 5.07. The molecule has 1 aliphatic heterocycles. The van der Waals surface area contributed by atoms with Gasteiger partial charge in [0.1, 0.15) is 0 Å². The third-order valence-corrected chi connectivity index (χ3v) is 3.90. The van der Waals surface area contributed by atoms with E-state index in [4.69, 9.17) is 0 Å². The van der Waals surface area contributed by atoms with E-state index >= 15 is 0 Å². The maximum atomic E-state index is 12.2. The summed E-state index contributed by atoms with van der Waals surface area (Å²) in [4.78, 5) is 33.2. The van der Waals surface area contributed by atoms with E-state index in [1.807, 2.05) is 18.4 Å². The summed E-state index contributed by atoms with van der Waals surface area (Å²) in [5, 5.41) is 3.30. The number of imidazole rings is 1. The molecular formula is C13H20N6O2. The van der Waals surface area contributed by atoms with Gasteiger partial charge in [0.15, 0.2) is 11.2 Å². The number of aryl methyl sites for hydroxylation is 2. The number of nitrogens with zero attached hydrogens (tertiary/aromatic N) is 4. The van der Waals surface area contributed by atoms with Gasteiger partial charge >= 0.3 is 5.69 Å². The van der Waals surface area contributed by atoms with Gasteiger partial charge in [0.05, 0.1) is 0 Å². The number of fused-ring (bicyclic) bond motifs is 1. The van der Waals surface area contributed by atoms with E-state index in [1.165, 1.54) is 4.57 Å². The van der Waals surface area contributed by atoms with Gasteiger partial charge in [0.2, 0.25) is 5.95 Å². The molecule has 8 nitrogen and oxygen atoms in total. The molecule has 114 valence electrons. The lowest BCUT2D eigenvalue weighted by Gasteiger charge is -2.28. The third-order valence-electron chi connectivity index (χ3n) is 3.90. The quantitative estimate of drug-likeness (QED) is 0.784. The second kappa shape index (κ2) is 5.36. The number of nitrogens with one attached hydrogen (secondary N) is 2. The number of rotatable bonds is 3. The predicted molar refractivity (Wildman–Crippen MR) is 81.0 cm³/mol. The molecule has 0 bridgehead atoms. The van der Waals surface area contributed by atoms with Gasteiger partial charge in [0.25, 0.3) is 5.56 Å². The van der Waals surface area contributed by atoms with Gasteiger partial charge in [-0.2, -0.15) is 4.98 Å². The van der Waals surface area contributed by atoms with Crippen LogP contribution in [0.25, 0.3) is 11.2 Å². The van der Waals surface area contributed by atoms with Crippen LogP contribution in [-0.4, -0.2) is 45.3 Å². The summed E-state index contributed by atoms with van der Waals surface area (Å²) < 4.78 is 3.40. The van der Waals surface area contributed by atoms with E-state index in [-0.39, 0.29) is 5.56 Å². The molecule has 3 rings (SSSR count). The number of piperazine rings is 1. The first-order chi connectivity index (χ1) is 10.2. The smallest absolute Gasteiger partial charge is 0.330 e. The largest absolute Gasteiger partial charge is 0.340 e. The Morgan fingerprint density at radius 1 is 1.10 bits per heavy atom. The molecule has 0 unspecified atom stereocenters. The van der Waals surface area contributed by atoms with Gasteiger partial charge in [-0.3, -0.25) is 14.3 Å². The van der Waals surface area contributed by atoms with Crippen LogP contribution in [-0.2, 0) is 13.1 Å². The average molecular weight is 292 g/mol. The highest BCUT2D eigenvalue weighted by Crippen LogP contribution is 2.19. The van der Waals surface area contributed by atoms with Crippen molar-refractivity contribution in [3.05, 3.63) is 20.8 Å². The van der Waals surface area contributed by atoms with Gasteiger partial charge in [0, 0.05) is 39.3 Å². The van der Waals surface area contributed by atoms with Crippen LogP contribution in [0.1, 0.15) is 13.8 Å². The van der Waals surface area contributed by atoms with Crippen LogP contribution >= 0.6 is 0 Å². The highest BCUT2D eigenvalue weighted by atomic mass is 16.2. The van der Waals surface area contributed by atoms with Crippen LogP contribution in [0.4, 0.5) is 5.95 Å². The average Bonchev–Trinajstić information content (AvgIpc) is 2.88. The lowest BCUT2D eigenvalue weighted by Crippen LogP contribution is -2.44. The molecule has 2 aromatic heterocycles. The lowest BCUT2D eigenvalue weighted by molar-refractivity contribution is 0.569. The molecule has 0 saturated carbocycles. The normalized spacial score (nSPS) is 15.8. The molecule has 1 aliphatic rings. The van der Waals surface area contributed by atoms with Crippen molar-refractivity contribution in [1.82, 2.24) is 24.4 Å². The van der Waals surface area contributed by atoms with Crippen molar-refractivity contribution in [3.63, 3.8) is 0 Å². The minimum atomic E-state index is -0.400. The topological polar surface area (TPSA) is 88.0 Å². The van der Waals surface area contributed by atoms with E-state index in [0.717, 1.165) is 32.1 Å². The van der Waals surface area contributed by atoms with Crippen molar-refractivity contribution in [2.24, 2.45) is 0 Å². The van der Waals surface area contributed by atoms with Gasteiger partial charge in [-0.05, 0) is 13.8 Å². The third kappa shape index (κ3) is 2.15. The van der Waals surface area contributed by atoms with Crippen LogP contribution < -0.4 is 21.5 Å². The van der Waals surface area contributed by atoms with Crippen molar-refractivity contribution in [1.29, 1.82) is 0 Å². The van der Waals surface area contributed by atoms with Crippen LogP contribution in [0.2, 0.25) is 0 Å². The first kappa shape index (κ1) is 13.9. The van der Waals surface area contributed by atoms with Gasteiger partial charge in [-0.15, -0.1) is 0 Å². The molecule has 1 fully saturated rings. The van der Waals surface area contributed by atoms with E-state index in [0.29, 0.717) is 24.3 Å². The SMILES string of the molecule is CCn1c(N2CCNCC2)nc2c1c(=O)[nH]c(=O)n2CC. The molecule has 2 N–H and O–H groups in total. The molecule has 0 amide bonds. The van der Waals surface area contributed by atoms with Crippen LogP contribution in [0.3, 0.4) is 0 Å². The monoisotopic (exact) mass is 292 g/mol. The Morgan fingerprint density at radius 3 is 2.38 bits per heavy atom. The maximum Gasteiger partial charge on any atom is 0.330 e. The standard InChI is InChI=1S/C13H20N6O2/c1-3-18-9-10(19(4-2)13(21)16-11(9)20)15-12(18)17-7-5-14-6-8-17/h14H,3-8H2,1-2H3,(H,16,20,21). The molecule has 0 radical (unpaired) electrons. The van der Waals surface area contributed by atoms with Crippen LogP contribution in [0.15, 0.2) is 9.59 Å². The summed E-state index contributed by atoms with van der Waals surface area (Å²) in [5.41, 5.74) is 0.187. The zero-order valence-corrected chi connectivity index (χ0v) is 12.3. The lowest BCUT2D eigenvalue weighted by atomic mass is 10.4. The van der Waals surface area contributed by atoms with Gasteiger partial charge in [-0.25, -0.2) is 4.79 Å². The summed E-state index contributed by atoms with van der Waals surface area (Å²) in [5.74, 6) is 0.771. The molecule has 21 heavy (non-hydrogen) atoms. The summed E-state index contributed by atoms with van der Waals surface area (Å²) in [6.45, 7) is 8.44. The van der Waals surface area contributed by atoms with E-state index in [1.54, 1.807) is 0 Å². The highest BCUT2D eigenvalue weighted by molar-refractivity contribution is 5.74. The fourth-order valence-corrected chi connectivity index (χ4v) is 2.86. The Bertz CT molecular complexity index is 765. The Balaban J connectivity index is 2.28. The van der Waals surface area contributed by atoms with Crippen molar-refractivity contribution in [3.8, 4) is 0 Å². The first-order valence-electron chi connectivity index (χ1n) is 7.36. The van der Waals surface area contributed by atoms with Gasteiger partial charge in [-0.1, -0.05) is 0 Å². The molecule has 0 aromatic carbocycles. The summed E-state index contributed by atoms with van der Waals surface area (Å²) in [6, 6.07) is 0. The molecule has 2 aromatic rings. The molecule has 8 heteroatoms. The highest BCUT2D eigenvalue weighted by Gasteiger charge is 2.22. The van der Waals surface area contributed by atoms with Crippen LogP contribution in [0, 0.1) is 0 Å². The van der Waals surface area contributed by atoms with Crippen LogP contribution in [0.5, 0.6) is 0 Å². The minimum absolute atomic E-state index is 0.365. The predicted octanol–water partition coefficient (Wildman–Crippen LogP) is -0.664. The van der Waals surface area contributed by atoms with E-state index in [2.05, 4.69) is 20.2 Å². The number of H-pyrrole nitrogens is 1. The Kier molecular flexibility index (Phi) is 3.54. The summed E-state index contributed by atoms with van der Waals surface area (Å²) in [7, 11) is 0. The van der Waals surface area contributed by atoms with E-state index in [9.17, 15) is 9.59 Å². The number of hydrogen-bond acceptors (Lipinski definition) is 5. The van der Waals surface area contributed by atoms with Crippen molar-refractivity contribution in [2.45, 2.75) is 26.9 Å². The number of anilines is 1.